The summed E-state index contributed by atoms with van der Waals surface area (Å²) in [5.74, 6) is 1.28. The first-order chi connectivity index (χ1) is 12.8. The number of amides is 1. The van der Waals surface area contributed by atoms with Gasteiger partial charge in [-0.25, -0.2) is 0 Å². The molecule has 0 saturated carbocycles. The molecule has 0 bridgehead atoms. The van der Waals surface area contributed by atoms with Crippen molar-refractivity contribution in [1.29, 1.82) is 0 Å². The molecule has 5 nitrogen and oxygen atoms in total. The summed E-state index contributed by atoms with van der Waals surface area (Å²) in [6.07, 6.45) is 2.62. The molecule has 1 unspecified atom stereocenters. The number of carbonyl (C=O) groups is 1. The summed E-state index contributed by atoms with van der Waals surface area (Å²) in [6.45, 7) is 6.73. The minimum Gasteiger partial charge on any atom is -0.493 e. The number of hydrogen-bond donors (Lipinski definition) is 0. The number of hydrogen-bond acceptors (Lipinski definition) is 4. The zero-order chi connectivity index (χ0) is 20.0. The van der Waals surface area contributed by atoms with Gasteiger partial charge < -0.3 is 14.4 Å². The summed E-state index contributed by atoms with van der Waals surface area (Å²) in [5.41, 5.74) is 1.26. The van der Waals surface area contributed by atoms with E-state index < -0.39 is 0 Å². The van der Waals surface area contributed by atoms with E-state index in [0.717, 1.165) is 12.1 Å². The van der Waals surface area contributed by atoms with E-state index in [9.17, 15) is 4.79 Å². The van der Waals surface area contributed by atoms with E-state index in [2.05, 4.69) is 18.8 Å². The van der Waals surface area contributed by atoms with Gasteiger partial charge in [0.2, 0.25) is 0 Å². The zero-order valence-corrected chi connectivity index (χ0v) is 17.3. The molecule has 2 rings (SSSR count). The molecule has 146 valence electrons. The molecule has 0 aliphatic heterocycles. The molecule has 0 saturated heterocycles. The second-order valence-corrected chi connectivity index (χ2v) is 7.27. The van der Waals surface area contributed by atoms with Crippen molar-refractivity contribution in [3.63, 3.8) is 0 Å². The van der Waals surface area contributed by atoms with Crippen LogP contribution in [0.15, 0.2) is 36.5 Å². The molecule has 0 aliphatic rings. The Morgan fingerprint density at radius 1 is 1.26 bits per heavy atom. The summed E-state index contributed by atoms with van der Waals surface area (Å²) in [7, 11) is 3.28. The van der Waals surface area contributed by atoms with Crippen molar-refractivity contribution >= 4 is 17.5 Å². The highest BCUT2D eigenvalue weighted by atomic mass is 35.5. The predicted octanol–water partition coefficient (Wildman–Crippen LogP) is 5.00. The van der Waals surface area contributed by atoms with Crippen LogP contribution in [0, 0.1) is 5.92 Å². The maximum Gasteiger partial charge on any atom is 0.254 e. The highest BCUT2D eigenvalue weighted by molar-refractivity contribution is 6.32. The Balaban J connectivity index is 2.22. The number of methoxy groups -OCH3 is 1. The largest absolute Gasteiger partial charge is 0.493 e. The second kappa shape index (κ2) is 9.60. The van der Waals surface area contributed by atoms with E-state index in [1.54, 1.807) is 30.3 Å². The molecule has 1 atom stereocenters. The van der Waals surface area contributed by atoms with Gasteiger partial charge >= 0.3 is 0 Å². The van der Waals surface area contributed by atoms with Crippen LogP contribution in [0.2, 0.25) is 5.02 Å². The molecule has 1 aromatic carbocycles. The average Bonchev–Trinajstić information content (AvgIpc) is 2.67. The summed E-state index contributed by atoms with van der Waals surface area (Å²) in [6, 6.07) is 8.76. The SMILES string of the molecule is COc1cc(C(=O)N(C)C(C)c2ccccn2)cc(Cl)c1OCCC(C)C. The number of pyridine rings is 1. The first-order valence-corrected chi connectivity index (χ1v) is 9.41. The lowest BCUT2D eigenvalue weighted by molar-refractivity contribution is 0.0739. The van der Waals surface area contributed by atoms with Crippen LogP contribution in [0.3, 0.4) is 0 Å². The van der Waals surface area contributed by atoms with Crippen LogP contribution in [0.25, 0.3) is 0 Å². The number of halogens is 1. The van der Waals surface area contributed by atoms with E-state index in [1.807, 2.05) is 25.1 Å². The smallest absolute Gasteiger partial charge is 0.254 e. The molecule has 1 heterocycles. The van der Waals surface area contributed by atoms with Gasteiger partial charge in [0.1, 0.15) is 0 Å². The van der Waals surface area contributed by atoms with Crippen LogP contribution >= 0.6 is 11.6 Å². The molecule has 0 spiro atoms. The minimum absolute atomic E-state index is 0.165. The Kier molecular flexibility index (Phi) is 7.48. The van der Waals surface area contributed by atoms with E-state index in [1.165, 1.54) is 7.11 Å². The van der Waals surface area contributed by atoms with Gasteiger partial charge in [-0.15, -0.1) is 0 Å². The molecule has 1 amide bonds. The molecule has 1 aromatic heterocycles. The molecule has 0 fully saturated rings. The molecule has 0 radical (unpaired) electrons. The quantitative estimate of drug-likeness (QED) is 0.636. The second-order valence-electron chi connectivity index (χ2n) is 6.87. The molecule has 27 heavy (non-hydrogen) atoms. The van der Waals surface area contributed by atoms with Crippen molar-refractivity contribution < 1.29 is 14.3 Å². The minimum atomic E-state index is -0.176. The average molecular weight is 391 g/mol. The normalized spacial score (nSPS) is 12.0. The molecular weight excluding hydrogens is 364 g/mol. The zero-order valence-electron chi connectivity index (χ0n) is 16.5. The highest BCUT2D eigenvalue weighted by Gasteiger charge is 2.22. The Hall–Kier alpha value is -2.27. The van der Waals surface area contributed by atoms with E-state index >= 15 is 0 Å². The van der Waals surface area contributed by atoms with Gasteiger partial charge in [-0.2, -0.15) is 0 Å². The number of rotatable bonds is 8. The third kappa shape index (κ3) is 5.36. The summed E-state index contributed by atoms with van der Waals surface area (Å²) in [4.78, 5) is 18.9. The van der Waals surface area contributed by atoms with Gasteiger partial charge in [-0.1, -0.05) is 31.5 Å². The van der Waals surface area contributed by atoms with Crippen LogP contribution < -0.4 is 9.47 Å². The van der Waals surface area contributed by atoms with Crippen molar-refractivity contribution in [3.8, 4) is 11.5 Å². The van der Waals surface area contributed by atoms with Crippen LogP contribution in [0.4, 0.5) is 0 Å². The van der Waals surface area contributed by atoms with E-state index in [-0.39, 0.29) is 11.9 Å². The maximum absolute atomic E-state index is 12.9. The molecule has 0 aliphatic carbocycles. The summed E-state index contributed by atoms with van der Waals surface area (Å²) in [5, 5.41) is 0.361. The van der Waals surface area contributed by atoms with Crippen LogP contribution in [0.5, 0.6) is 11.5 Å². The van der Waals surface area contributed by atoms with E-state index in [0.29, 0.717) is 34.6 Å². The van der Waals surface area contributed by atoms with Crippen LogP contribution in [0.1, 0.15) is 49.3 Å². The standard InChI is InChI=1S/C21H27ClN2O3/c1-14(2)9-11-27-20-17(22)12-16(13-19(20)26-5)21(25)24(4)15(3)18-8-6-7-10-23-18/h6-8,10,12-15H,9,11H2,1-5H3. The van der Waals surface area contributed by atoms with Crippen molar-refractivity contribution in [2.75, 3.05) is 20.8 Å². The van der Waals surface area contributed by atoms with Crippen molar-refractivity contribution in [2.24, 2.45) is 5.92 Å². The lowest BCUT2D eigenvalue weighted by Gasteiger charge is -2.25. The van der Waals surface area contributed by atoms with Crippen molar-refractivity contribution in [2.45, 2.75) is 33.2 Å². The summed E-state index contributed by atoms with van der Waals surface area (Å²) < 4.78 is 11.2. The molecular formula is C21H27ClN2O3. The van der Waals surface area contributed by atoms with E-state index in [4.69, 9.17) is 21.1 Å². The van der Waals surface area contributed by atoms with Gasteiger partial charge in [0.05, 0.1) is 30.5 Å². The number of nitrogens with zero attached hydrogens (tertiary/aromatic N) is 2. The summed E-state index contributed by atoms with van der Waals surface area (Å²) >= 11 is 6.39. The number of aromatic nitrogens is 1. The van der Waals surface area contributed by atoms with Gasteiger partial charge in [0.25, 0.3) is 5.91 Å². The molecule has 6 heteroatoms. The van der Waals surface area contributed by atoms with Crippen LogP contribution in [-0.4, -0.2) is 36.6 Å². The number of benzene rings is 1. The van der Waals surface area contributed by atoms with Crippen molar-refractivity contribution in [1.82, 2.24) is 9.88 Å². The van der Waals surface area contributed by atoms with Gasteiger partial charge in [0.15, 0.2) is 11.5 Å². The van der Waals surface area contributed by atoms with Gasteiger partial charge in [0, 0.05) is 18.8 Å². The third-order valence-corrected chi connectivity index (χ3v) is 4.72. The number of ether oxygens (including phenoxy) is 2. The van der Waals surface area contributed by atoms with Crippen molar-refractivity contribution in [3.05, 3.63) is 52.8 Å². The lowest BCUT2D eigenvalue weighted by Crippen LogP contribution is -2.30. The third-order valence-electron chi connectivity index (χ3n) is 4.44. The van der Waals surface area contributed by atoms with Crippen LogP contribution in [-0.2, 0) is 0 Å². The molecule has 0 N–H and O–H groups in total. The Morgan fingerprint density at radius 3 is 2.59 bits per heavy atom. The first-order valence-electron chi connectivity index (χ1n) is 9.03. The Bertz CT molecular complexity index is 766. The fourth-order valence-electron chi connectivity index (χ4n) is 2.58. The Labute approximate surface area is 166 Å². The maximum atomic E-state index is 12.9. The topological polar surface area (TPSA) is 51.7 Å². The fourth-order valence-corrected chi connectivity index (χ4v) is 2.85. The predicted molar refractivity (Wildman–Crippen MR) is 108 cm³/mol. The molecule has 2 aromatic rings. The first kappa shape index (κ1) is 21.0. The fraction of sp³-hybridized carbons (Fsp3) is 0.429. The Morgan fingerprint density at radius 2 is 2.00 bits per heavy atom. The number of carbonyl (C=O) groups excluding carboxylic acids is 1. The monoisotopic (exact) mass is 390 g/mol. The van der Waals surface area contributed by atoms with Gasteiger partial charge in [-0.3, -0.25) is 9.78 Å². The highest BCUT2D eigenvalue weighted by Crippen LogP contribution is 2.37. The lowest BCUT2D eigenvalue weighted by atomic mass is 10.1. The van der Waals surface area contributed by atoms with Gasteiger partial charge in [-0.05, 0) is 43.5 Å².